The van der Waals surface area contributed by atoms with Gasteiger partial charge in [0.15, 0.2) is 12.6 Å². The van der Waals surface area contributed by atoms with Gasteiger partial charge in [0, 0.05) is 26.2 Å². The summed E-state index contributed by atoms with van der Waals surface area (Å²) in [5.74, 6) is 6.08. The fraction of sp³-hybridized carbons (Fsp3) is 0.882. The van der Waals surface area contributed by atoms with Crippen LogP contribution < -0.4 is 0 Å². The lowest BCUT2D eigenvalue weighted by Crippen LogP contribution is -2.26. The van der Waals surface area contributed by atoms with Crippen molar-refractivity contribution in [1.82, 2.24) is 0 Å². The van der Waals surface area contributed by atoms with E-state index in [1.54, 1.807) is 0 Å². The molecule has 1 aliphatic rings. The Morgan fingerprint density at radius 1 is 1.09 bits per heavy atom. The molecule has 0 aromatic rings. The van der Waals surface area contributed by atoms with Crippen molar-refractivity contribution in [2.45, 2.75) is 65.1 Å². The summed E-state index contributed by atoms with van der Waals surface area (Å²) in [7, 11) is 0. The minimum absolute atomic E-state index is 0.0434. The summed E-state index contributed by atoms with van der Waals surface area (Å²) in [6.45, 7) is 8.74. The summed E-state index contributed by atoms with van der Waals surface area (Å²) in [4.78, 5) is 0. The van der Waals surface area contributed by atoms with E-state index in [2.05, 4.69) is 11.8 Å². The van der Waals surface area contributed by atoms with E-state index < -0.39 is 0 Å². The third-order valence-corrected chi connectivity index (χ3v) is 3.22. The summed E-state index contributed by atoms with van der Waals surface area (Å²) in [5.41, 5.74) is 0. The van der Waals surface area contributed by atoms with Gasteiger partial charge in [-0.3, -0.25) is 0 Å². The normalized spacial score (nSPS) is 19.7. The Morgan fingerprint density at radius 2 is 1.86 bits per heavy atom. The van der Waals surface area contributed by atoms with Crippen LogP contribution in [0.5, 0.6) is 0 Å². The maximum atomic E-state index is 5.69. The Hall–Kier alpha value is -0.640. The highest BCUT2D eigenvalue weighted by Gasteiger charge is 2.13. The minimum Gasteiger partial charge on any atom is -0.372 e. The molecule has 22 heavy (non-hydrogen) atoms. The summed E-state index contributed by atoms with van der Waals surface area (Å²) >= 11 is 0. The topological polar surface area (TPSA) is 46.2 Å². The Morgan fingerprint density at radius 3 is 2.50 bits per heavy atom. The number of ether oxygens (including phenoxy) is 5. The van der Waals surface area contributed by atoms with Gasteiger partial charge >= 0.3 is 0 Å². The molecule has 0 N–H and O–H groups in total. The van der Waals surface area contributed by atoms with Gasteiger partial charge in [-0.25, -0.2) is 0 Å². The molecule has 0 aromatic carbocycles. The van der Waals surface area contributed by atoms with E-state index in [1.165, 1.54) is 6.42 Å². The third-order valence-electron chi connectivity index (χ3n) is 3.22. The van der Waals surface area contributed by atoms with Gasteiger partial charge < -0.3 is 23.7 Å². The first-order chi connectivity index (χ1) is 10.8. The van der Waals surface area contributed by atoms with Gasteiger partial charge in [-0.2, -0.15) is 0 Å². The van der Waals surface area contributed by atoms with Gasteiger partial charge in [0.2, 0.25) is 0 Å². The molecular formula is C17H30O5. The van der Waals surface area contributed by atoms with Crippen LogP contribution >= 0.6 is 0 Å². The molecule has 0 radical (unpaired) electrons. The second-order valence-corrected chi connectivity index (χ2v) is 5.15. The Labute approximate surface area is 134 Å². The monoisotopic (exact) mass is 314 g/mol. The molecule has 5 heteroatoms. The van der Waals surface area contributed by atoms with E-state index in [9.17, 15) is 0 Å². The molecule has 0 saturated carbocycles. The van der Waals surface area contributed by atoms with Crippen LogP contribution in [0, 0.1) is 11.8 Å². The first kappa shape index (κ1) is 19.4. The highest BCUT2D eigenvalue weighted by atomic mass is 16.7. The van der Waals surface area contributed by atoms with Crippen molar-refractivity contribution < 1.29 is 23.7 Å². The smallest absolute Gasteiger partial charge is 0.180 e. The molecule has 1 rings (SSSR count). The molecule has 1 saturated heterocycles. The SMILES string of the molecule is CCOC(CO[C@@H](C)CC#CCOC1CCCCO1)OCC. The average Bonchev–Trinajstić information content (AvgIpc) is 2.54. The molecule has 0 aliphatic carbocycles. The fourth-order valence-corrected chi connectivity index (χ4v) is 2.06. The largest absolute Gasteiger partial charge is 0.372 e. The van der Waals surface area contributed by atoms with Crippen molar-refractivity contribution in [3.63, 3.8) is 0 Å². The summed E-state index contributed by atoms with van der Waals surface area (Å²) in [5, 5.41) is 0. The Kier molecular flexibility index (Phi) is 11.3. The lowest BCUT2D eigenvalue weighted by molar-refractivity contribution is -0.174. The molecular weight excluding hydrogens is 284 g/mol. The maximum Gasteiger partial charge on any atom is 0.180 e. The van der Waals surface area contributed by atoms with Gasteiger partial charge in [-0.05, 0) is 40.0 Å². The van der Waals surface area contributed by atoms with Crippen LogP contribution in [0.15, 0.2) is 0 Å². The number of rotatable bonds is 10. The van der Waals surface area contributed by atoms with Crippen LogP contribution in [0.4, 0.5) is 0 Å². The molecule has 1 fully saturated rings. The molecule has 1 unspecified atom stereocenters. The number of hydrogen-bond donors (Lipinski definition) is 0. The number of hydrogen-bond acceptors (Lipinski definition) is 5. The lowest BCUT2D eigenvalue weighted by Gasteiger charge is -2.21. The van der Waals surface area contributed by atoms with Gasteiger partial charge in [-0.15, -0.1) is 0 Å². The fourth-order valence-electron chi connectivity index (χ4n) is 2.06. The quantitative estimate of drug-likeness (QED) is 0.458. The summed E-state index contributed by atoms with van der Waals surface area (Å²) < 4.78 is 27.6. The zero-order valence-corrected chi connectivity index (χ0v) is 14.1. The predicted molar refractivity (Wildman–Crippen MR) is 84.4 cm³/mol. The van der Waals surface area contributed by atoms with E-state index in [-0.39, 0.29) is 18.7 Å². The van der Waals surface area contributed by atoms with Crippen molar-refractivity contribution in [2.75, 3.05) is 33.0 Å². The van der Waals surface area contributed by atoms with Crippen molar-refractivity contribution >= 4 is 0 Å². The zero-order valence-electron chi connectivity index (χ0n) is 14.1. The predicted octanol–water partition coefficient (Wildman–Crippen LogP) is 2.73. The van der Waals surface area contributed by atoms with E-state index in [0.29, 0.717) is 32.8 Å². The Balaban J connectivity index is 2.08. The third kappa shape index (κ3) is 9.39. The van der Waals surface area contributed by atoms with Crippen molar-refractivity contribution in [3.05, 3.63) is 0 Å². The summed E-state index contributed by atoms with van der Waals surface area (Å²) in [6.07, 6.45) is 3.61. The Bertz CT molecular complexity index is 311. The first-order valence-electron chi connectivity index (χ1n) is 8.30. The van der Waals surface area contributed by atoms with Crippen molar-refractivity contribution in [2.24, 2.45) is 0 Å². The standard InChI is InChI=1S/C17H30O5/c1-4-18-17(19-5-2)14-22-15(3)10-6-8-12-20-16-11-7-9-13-21-16/h15-17H,4-5,7,9-14H2,1-3H3/t15-,16?/m0/s1. The van der Waals surface area contributed by atoms with Crippen LogP contribution in [0.25, 0.3) is 0 Å². The van der Waals surface area contributed by atoms with Crippen LogP contribution in [-0.4, -0.2) is 51.7 Å². The molecule has 128 valence electrons. The van der Waals surface area contributed by atoms with Gasteiger partial charge in [0.05, 0.1) is 12.7 Å². The highest BCUT2D eigenvalue weighted by Crippen LogP contribution is 2.13. The van der Waals surface area contributed by atoms with E-state index in [1.807, 2.05) is 20.8 Å². The molecule has 1 aliphatic heterocycles. The van der Waals surface area contributed by atoms with Gasteiger partial charge in [0.25, 0.3) is 0 Å². The molecule has 2 atom stereocenters. The second-order valence-electron chi connectivity index (χ2n) is 5.15. The van der Waals surface area contributed by atoms with E-state index in [0.717, 1.165) is 19.4 Å². The molecule has 0 amide bonds. The average molecular weight is 314 g/mol. The van der Waals surface area contributed by atoms with E-state index >= 15 is 0 Å². The van der Waals surface area contributed by atoms with E-state index in [4.69, 9.17) is 23.7 Å². The van der Waals surface area contributed by atoms with Crippen LogP contribution in [0.3, 0.4) is 0 Å². The second kappa shape index (κ2) is 12.9. The minimum atomic E-state index is -0.294. The first-order valence-corrected chi connectivity index (χ1v) is 8.30. The lowest BCUT2D eigenvalue weighted by atomic mass is 10.2. The van der Waals surface area contributed by atoms with Gasteiger partial charge in [0.1, 0.15) is 6.61 Å². The van der Waals surface area contributed by atoms with Crippen molar-refractivity contribution in [1.29, 1.82) is 0 Å². The van der Waals surface area contributed by atoms with Crippen molar-refractivity contribution in [3.8, 4) is 11.8 Å². The molecule has 0 bridgehead atoms. The van der Waals surface area contributed by atoms with Gasteiger partial charge in [-0.1, -0.05) is 11.8 Å². The van der Waals surface area contributed by atoms with Crippen LogP contribution in [-0.2, 0) is 23.7 Å². The molecule has 5 nitrogen and oxygen atoms in total. The highest BCUT2D eigenvalue weighted by molar-refractivity contribution is 5.00. The summed E-state index contributed by atoms with van der Waals surface area (Å²) in [6, 6.07) is 0. The zero-order chi connectivity index (χ0) is 16.0. The maximum absolute atomic E-state index is 5.69. The van der Waals surface area contributed by atoms with Crippen LogP contribution in [0.2, 0.25) is 0 Å². The molecule has 1 heterocycles. The van der Waals surface area contributed by atoms with Crippen LogP contribution in [0.1, 0.15) is 46.5 Å². The molecule has 0 aromatic heterocycles. The molecule has 0 spiro atoms.